The Morgan fingerprint density at radius 3 is 3.00 bits per heavy atom. The maximum Gasteiger partial charge on any atom is 0.341 e. The highest BCUT2D eigenvalue weighted by atomic mass is 16.6. The zero-order valence-electron chi connectivity index (χ0n) is 5.77. The van der Waals surface area contributed by atoms with E-state index in [4.69, 9.17) is 0 Å². The molecule has 0 aliphatic heterocycles. The molecule has 12 heavy (non-hydrogen) atoms. The second kappa shape index (κ2) is 3.30. The first-order valence-corrected chi connectivity index (χ1v) is 2.88. The number of aromatic amines is 1. The number of hydrogen-bond donors (Lipinski definition) is 1. The van der Waals surface area contributed by atoms with Crippen LogP contribution in [0.1, 0.15) is 5.82 Å². The van der Waals surface area contributed by atoms with Crippen LogP contribution in [0, 0.1) is 22.0 Å². The Bertz CT molecular complexity index is 371. The van der Waals surface area contributed by atoms with Gasteiger partial charge in [0.25, 0.3) is 5.82 Å². The van der Waals surface area contributed by atoms with Gasteiger partial charge in [0.1, 0.15) is 6.20 Å². The van der Waals surface area contributed by atoms with Crippen LogP contribution in [-0.2, 0) is 4.79 Å². The fourth-order valence-corrected chi connectivity index (χ4v) is 0.566. The predicted octanol–water partition coefficient (Wildman–Crippen LogP) is -0.132. The molecular weight excluding hydrogens is 162 g/mol. The van der Waals surface area contributed by atoms with Crippen molar-refractivity contribution in [3.05, 3.63) is 22.1 Å². The number of nitrogens with zero attached hydrogens (tertiary/aromatic N) is 2. The molecule has 6 heteroatoms. The van der Waals surface area contributed by atoms with Gasteiger partial charge in [-0.1, -0.05) is 0 Å². The van der Waals surface area contributed by atoms with E-state index in [1.54, 1.807) is 0 Å². The Hall–Kier alpha value is -2.16. The zero-order valence-corrected chi connectivity index (χ0v) is 5.77. The standard InChI is InChI=1S/C6H3N3O3/c10-3-1-2-5-7-4-6(8-5)9(11)12/h3-4H,(H,7,8). The molecule has 1 heterocycles. The van der Waals surface area contributed by atoms with Gasteiger partial charge < -0.3 is 10.1 Å². The normalized spacial score (nSPS) is 8.33. The van der Waals surface area contributed by atoms with Gasteiger partial charge in [-0.25, -0.2) is 9.97 Å². The lowest BCUT2D eigenvalue weighted by Gasteiger charge is -1.83. The molecule has 0 aliphatic carbocycles. The average molecular weight is 165 g/mol. The number of rotatable bonds is 1. The summed E-state index contributed by atoms with van der Waals surface area (Å²) in [5.41, 5.74) is 0. The van der Waals surface area contributed by atoms with Crippen molar-refractivity contribution in [3.8, 4) is 11.8 Å². The number of aromatic nitrogens is 2. The largest absolute Gasteiger partial charge is 0.358 e. The van der Waals surface area contributed by atoms with Gasteiger partial charge in [-0.2, -0.15) is 0 Å². The molecule has 0 unspecified atom stereocenters. The molecule has 0 atom stereocenters. The Labute approximate surface area is 66.8 Å². The SMILES string of the molecule is O=CC#Cc1ncc([N+](=O)[O-])[nH]1. The van der Waals surface area contributed by atoms with E-state index >= 15 is 0 Å². The molecule has 0 amide bonds. The minimum atomic E-state index is -0.626. The van der Waals surface area contributed by atoms with E-state index < -0.39 is 4.92 Å². The van der Waals surface area contributed by atoms with Gasteiger partial charge in [-0.3, -0.25) is 4.79 Å². The summed E-state index contributed by atoms with van der Waals surface area (Å²) in [6.45, 7) is 0. The predicted molar refractivity (Wildman–Crippen MR) is 38.2 cm³/mol. The van der Waals surface area contributed by atoms with Crippen LogP contribution in [0.25, 0.3) is 0 Å². The van der Waals surface area contributed by atoms with E-state index in [0.29, 0.717) is 6.29 Å². The highest BCUT2D eigenvalue weighted by molar-refractivity contribution is 5.73. The number of carbonyl (C=O) groups is 1. The van der Waals surface area contributed by atoms with Crippen LogP contribution >= 0.6 is 0 Å². The first-order chi connectivity index (χ1) is 5.74. The number of imidazole rings is 1. The molecule has 1 aromatic rings. The smallest absolute Gasteiger partial charge is 0.341 e. The van der Waals surface area contributed by atoms with Gasteiger partial charge in [0.05, 0.1) is 0 Å². The number of nitro groups is 1. The fraction of sp³-hybridized carbons (Fsp3) is 0. The summed E-state index contributed by atoms with van der Waals surface area (Å²) in [6, 6.07) is 0. The molecule has 0 aliphatic rings. The monoisotopic (exact) mass is 165 g/mol. The lowest BCUT2D eigenvalue weighted by atomic mass is 10.6. The third-order valence-electron chi connectivity index (χ3n) is 1.01. The summed E-state index contributed by atoms with van der Waals surface area (Å²) in [5, 5.41) is 10.1. The molecule has 0 saturated carbocycles. The van der Waals surface area contributed by atoms with Gasteiger partial charge in [-0.15, -0.1) is 0 Å². The Balaban J connectivity index is 2.91. The lowest BCUT2D eigenvalue weighted by Crippen LogP contribution is -1.86. The highest BCUT2D eigenvalue weighted by Gasteiger charge is 2.06. The minimum absolute atomic E-state index is 0.105. The van der Waals surface area contributed by atoms with E-state index in [1.165, 1.54) is 0 Å². The van der Waals surface area contributed by atoms with Crippen molar-refractivity contribution in [1.82, 2.24) is 9.97 Å². The van der Waals surface area contributed by atoms with Crippen molar-refractivity contribution in [2.24, 2.45) is 0 Å². The molecule has 0 aromatic carbocycles. The van der Waals surface area contributed by atoms with Crippen LogP contribution < -0.4 is 0 Å². The molecule has 1 rings (SSSR count). The minimum Gasteiger partial charge on any atom is -0.358 e. The molecule has 1 N–H and O–H groups in total. The van der Waals surface area contributed by atoms with Crippen LogP contribution in [0.15, 0.2) is 6.20 Å². The van der Waals surface area contributed by atoms with Gasteiger partial charge in [0.2, 0.25) is 0 Å². The van der Waals surface area contributed by atoms with Crippen LogP contribution in [0.2, 0.25) is 0 Å². The van der Waals surface area contributed by atoms with Crippen molar-refractivity contribution in [1.29, 1.82) is 0 Å². The molecule has 0 bridgehead atoms. The molecule has 60 valence electrons. The zero-order chi connectivity index (χ0) is 8.97. The first-order valence-electron chi connectivity index (χ1n) is 2.88. The Kier molecular flexibility index (Phi) is 2.18. The summed E-state index contributed by atoms with van der Waals surface area (Å²) in [5.74, 6) is 4.21. The fourth-order valence-electron chi connectivity index (χ4n) is 0.566. The second-order valence-corrected chi connectivity index (χ2v) is 1.76. The van der Waals surface area contributed by atoms with Crippen LogP contribution in [-0.4, -0.2) is 21.2 Å². The average Bonchev–Trinajstić information content (AvgIpc) is 2.48. The van der Waals surface area contributed by atoms with E-state index in [1.807, 2.05) is 0 Å². The van der Waals surface area contributed by atoms with Gasteiger partial charge in [-0.05, 0) is 10.8 Å². The molecular formula is C6H3N3O3. The van der Waals surface area contributed by atoms with Crippen molar-refractivity contribution in [3.63, 3.8) is 0 Å². The van der Waals surface area contributed by atoms with Crippen molar-refractivity contribution < 1.29 is 9.72 Å². The van der Waals surface area contributed by atoms with Crippen LogP contribution in [0.3, 0.4) is 0 Å². The number of hydrogen-bond acceptors (Lipinski definition) is 4. The van der Waals surface area contributed by atoms with Crippen molar-refractivity contribution in [2.75, 3.05) is 0 Å². The second-order valence-electron chi connectivity index (χ2n) is 1.76. The lowest BCUT2D eigenvalue weighted by molar-refractivity contribution is -0.389. The molecule has 1 aromatic heterocycles. The van der Waals surface area contributed by atoms with Crippen molar-refractivity contribution in [2.45, 2.75) is 0 Å². The maximum atomic E-state index is 10.1. The molecule has 0 saturated heterocycles. The van der Waals surface area contributed by atoms with E-state index in [9.17, 15) is 14.9 Å². The number of carbonyl (C=O) groups excluding carboxylic acids is 1. The van der Waals surface area contributed by atoms with E-state index in [-0.39, 0.29) is 11.6 Å². The summed E-state index contributed by atoms with van der Waals surface area (Å²) in [4.78, 5) is 25.1. The van der Waals surface area contributed by atoms with Crippen LogP contribution in [0.5, 0.6) is 0 Å². The Morgan fingerprint density at radius 2 is 2.50 bits per heavy atom. The summed E-state index contributed by atoms with van der Waals surface area (Å²) >= 11 is 0. The highest BCUT2D eigenvalue weighted by Crippen LogP contribution is 2.04. The number of nitrogens with one attached hydrogen (secondary N) is 1. The molecule has 0 radical (unpaired) electrons. The Morgan fingerprint density at radius 1 is 1.75 bits per heavy atom. The van der Waals surface area contributed by atoms with Gasteiger partial charge in [0.15, 0.2) is 6.29 Å². The molecule has 0 spiro atoms. The third-order valence-corrected chi connectivity index (χ3v) is 1.01. The molecule has 0 fully saturated rings. The van der Waals surface area contributed by atoms with Gasteiger partial charge in [0, 0.05) is 5.92 Å². The number of H-pyrrole nitrogens is 1. The summed E-state index contributed by atoms with van der Waals surface area (Å²) in [7, 11) is 0. The quantitative estimate of drug-likeness (QED) is 0.271. The maximum absolute atomic E-state index is 10.1. The summed E-state index contributed by atoms with van der Waals surface area (Å²) in [6.07, 6.45) is 1.42. The molecule has 6 nitrogen and oxygen atoms in total. The van der Waals surface area contributed by atoms with Crippen molar-refractivity contribution >= 4 is 12.1 Å². The topological polar surface area (TPSA) is 88.9 Å². The first kappa shape index (κ1) is 7.94. The van der Waals surface area contributed by atoms with E-state index in [0.717, 1.165) is 6.20 Å². The van der Waals surface area contributed by atoms with E-state index in [2.05, 4.69) is 21.8 Å². The van der Waals surface area contributed by atoms with Crippen LogP contribution in [0.4, 0.5) is 5.82 Å². The summed E-state index contributed by atoms with van der Waals surface area (Å²) < 4.78 is 0. The third kappa shape index (κ3) is 1.67. The number of aldehydes is 1. The van der Waals surface area contributed by atoms with Gasteiger partial charge >= 0.3 is 5.82 Å².